The van der Waals surface area contributed by atoms with Crippen LogP contribution in [0.4, 0.5) is 0 Å². The number of nitrogens with zero attached hydrogens (tertiary/aromatic N) is 3. The van der Waals surface area contributed by atoms with E-state index in [-0.39, 0.29) is 11.7 Å². The van der Waals surface area contributed by atoms with Gasteiger partial charge in [0.25, 0.3) is 0 Å². The number of Topliss-reactive ketones (excluding diaryl/α,β-unsaturated/α-hetero) is 1. The van der Waals surface area contributed by atoms with Gasteiger partial charge in [-0.05, 0) is 20.0 Å². The quantitative estimate of drug-likeness (QED) is 0.734. The average molecular weight is 268 g/mol. The van der Waals surface area contributed by atoms with Crippen molar-refractivity contribution >= 4 is 5.78 Å². The minimum Gasteiger partial charge on any atom is -0.493 e. The van der Waals surface area contributed by atoms with Crippen molar-refractivity contribution in [2.45, 2.75) is 26.4 Å². The molecule has 1 aromatic rings. The van der Waals surface area contributed by atoms with Crippen molar-refractivity contribution in [3.8, 4) is 5.75 Å². The van der Waals surface area contributed by atoms with Crippen LogP contribution >= 0.6 is 0 Å². The van der Waals surface area contributed by atoms with Crippen LogP contribution in [-0.4, -0.2) is 54.3 Å². The Bertz CT molecular complexity index is 426. The summed E-state index contributed by atoms with van der Waals surface area (Å²) in [5.41, 5.74) is 6.41. The fourth-order valence-electron chi connectivity index (χ4n) is 1.69. The lowest BCUT2D eigenvalue weighted by Gasteiger charge is -2.17. The largest absolute Gasteiger partial charge is 0.493 e. The van der Waals surface area contributed by atoms with Crippen LogP contribution in [0, 0.1) is 5.92 Å². The van der Waals surface area contributed by atoms with Crippen LogP contribution < -0.4 is 10.5 Å². The minimum absolute atomic E-state index is 0.0782. The number of hydrogen-bond donors (Lipinski definition) is 1. The Morgan fingerprint density at radius 2 is 2.16 bits per heavy atom. The number of likely N-dealkylation sites (N-methyl/N-ethyl adjacent to an activating group) is 1. The molecular formula is C13H24N4O2. The number of carbonyl (C=O) groups is 1. The molecule has 2 N–H and O–H groups in total. The summed E-state index contributed by atoms with van der Waals surface area (Å²) in [7, 11) is 5.48. The van der Waals surface area contributed by atoms with Gasteiger partial charge in [-0.2, -0.15) is 5.10 Å². The molecule has 6 heteroatoms. The predicted molar refractivity (Wildman–Crippen MR) is 74.5 cm³/mol. The summed E-state index contributed by atoms with van der Waals surface area (Å²) < 4.78 is 6.88. The smallest absolute Gasteiger partial charge is 0.201 e. The van der Waals surface area contributed by atoms with Crippen molar-refractivity contribution in [3.63, 3.8) is 0 Å². The molecule has 1 atom stereocenters. The van der Waals surface area contributed by atoms with E-state index in [0.29, 0.717) is 18.0 Å². The average Bonchev–Trinajstić information content (AvgIpc) is 2.77. The molecule has 6 nitrogen and oxygen atoms in total. The molecule has 0 fully saturated rings. The van der Waals surface area contributed by atoms with E-state index in [1.165, 1.54) is 7.11 Å². The topological polar surface area (TPSA) is 73.4 Å². The first-order valence-corrected chi connectivity index (χ1v) is 6.42. The van der Waals surface area contributed by atoms with Gasteiger partial charge in [-0.1, -0.05) is 13.8 Å². The van der Waals surface area contributed by atoms with Gasteiger partial charge >= 0.3 is 0 Å². The molecule has 0 amide bonds. The third-order valence-electron chi connectivity index (χ3n) is 3.04. The molecule has 1 unspecified atom stereocenters. The molecule has 0 aliphatic heterocycles. The Hall–Kier alpha value is -1.40. The highest BCUT2D eigenvalue weighted by molar-refractivity contribution is 6.00. The summed E-state index contributed by atoms with van der Waals surface area (Å²) in [6, 6.07) is -0.538. The number of ketones is 1. The molecule has 1 heterocycles. The minimum atomic E-state index is -0.538. The summed E-state index contributed by atoms with van der Waals surface area (Å²) >= 11 is 0. The zero-order valence-corrected chi connectivity index (χ0v) is 12.4. The molecule has 0 aliphatic rings. The first-order valence-electron chi connectivity index (χ1n) is 6.42. The molecule has 0 radical (unpaired) electrons. The van der Waals surface area contributed by atoms with E-state index in [1.807, 2.05) is 32.8 Å². The second-order valence-electron chi connectivity index (χ2n) is 5.22. The van der Waals surface area contributed by atoms with Crippen molar-refractivity contribution in [1.82, 2.24) is 14.7 Å². The van der Waals surface area contributed by atoms with Crippen molar-refractivity contribution in [1.29, 1.82) is 0 Å². The maximum Gasteiger partial charge on any atom is 0.201 e. The molecule has 108 valence electrons. The summed E-state index contributed by atoms with van der Waals surface area (Å²) in [4.78, 5) is 14.4. The van der Waals surface area contributed by atoms with Crippen LogP contribution in [0.5, 0.6) is 5.75 Å². The van der Waals surface area contributed by atoms with Crippen molar-refractivity contribution in [2.75, 3.05) is 27.7 Å². The molecule has 19 heavy (non-hydrogen) atoms. The Morgan fingerprint density at radius 1 is 1.53 bits per heavy atom. The summed E-state index contributed by atoms with van der Waals surface area (Å²) in [5.74, 6) is 0.442. The van der Waals surface area contributed by atoms with E-state index in [2.05, 4.69) is 5.10 Å². The predicted octanol–water partition coefficient (Wildman–Crippen LogP) is 0.619. The van der Waals surface area contributed by atoms with Gasteiger partial charge in [0.1, 0.15) is 5.69 Å². The molecule has 0 bridgehead atoms. The Kier molecular flexibility index (Phi) is 5.50. The molecule has 1 aromatic heterocycles. The van der Waals surface area contributed by atoms with Crippen molar-refractivity contribution in [2.24, 2.45) is 11.7 Å². The first kappa shape index (κ1) is 15.7. The Balaban J connectivity index is 3.02. The van der Waals surface area contributed by atoms with Gasteiger partial charge in [-0.3, -0.25) is 9.48 Å². The number of nitrogens with two attached hydrogens (primary N) is 1. The molecule has 0 saturated heterocycles. The maximum absolute atomic E-state index is 12.4. The Labute approximate surface area is 114 Å². The van der Waals surface area contributed by atoms with Gasteiger partial charge in [0.2, 0.25) is 5.78 Å². The fraction of sp³-hybridized carbons (Fsp3) is 0.692. The van der Waals surface area contributed by atoms with Gasteiger partial charge < -0.3 is 15.4 Å². The van der Waals surface area contributed by atoms with Gasteiger partial charge in [0.05, 0.1) is 25.9 Å². The molecule has 0 aromatic carbocycles. The number of ether oxygens (including phenoxy) is 1. The molecule has 1 rings (SSSR count). The first-order chi connectivity index (χ1) is 8.88. The van der Waals surface area contributed by atoms with Crippen LogP contribution in [-0.2, 0) is 6.54 Å². The standard InChI is InChI=1S/C13H24N4O2/c1-9(2)11(14)13(18)12-10(19-5)8-15-17(12)7-6-16(3)4/h8-9,11H,6-7,14H2,1-5H3. The zero-order chi connectivity index (χ0) is 14.6. The lowest BCUT2D eigenvalue weighted by atomic mass is 9.99. The summed E-state index contributed by atoms with van der Waals surface area (Å²) in [5, 5.41) is 4.21. The monoisotopic (exact) mass is 268 g/mol. The third kappa shape index (κ3) is 3.78. The SMILES string of the molecule is COc1cnn(CCN(C)C)c1C(=O)C(N)C(C)C. The number of rotatable bonds is 7. The van der Waals surface area contributed by atoms with Crippen LogP contribution in [0.2, 0.25) is 0 Å². The summed E-state index contributed by atoms with van der Waals surface area (Å²) in [6.07, 6.45) is 1.57. The van der Waals surface area contributed by atoms with Gasteiger partial charge in [0, 0.05) is 6.54 Å². The third-order valence-corrected chi connectivity index (χ3v) is 3.04. The van der Waals surface area contributed by atoms with Crippen LogP contribution in [0.1, 0.15) is 24.3 Å². The van der Waals surface area contributed by atoms with Crippen LogP contribution in [0.3, 0.4) is 0 Å². The lowest BCUT2D eigenvalue weighted by molar-refractivity contribution is 0.0925. The van der Waals surface area contributed by atoms with Crippen LogP contribution in [0.15, 0.2) is 6.20 Å². The molecular weight excluding hydrogens is 244 g/mol. The highest BCUT2D eigenvalue weighted by Gasteiger charge is 2.26. The fourth-order valence-corrected chi connectivity index (χ4v) is 1.69. The van der Waals surface area contributed by atoms with Crippen molar-refractivity contribution in [3.05, 3.63) is 11.9 Å². The molecule has 0 aliphatic carbocycles. The highest BCUT2D eigenvalue weighted by Crippen LogP contribution is 2.20. The normalized spacial score (nSPS) is 13.1. The number of carbonyl (C=O) groups excluding carboxylic acids is 1. The van der Waals surface area contributed by atoms with Gasteiger partial charge in [0.15, 0.2) is 5.75 Å². The number of hydrogen-bond acceptors (Lipinski definition) is 5. The van der Waals surface area contributed by atoms with Crippen LogP contribution in [0.25, 0.3) is 0 Å². The summed E-state index contributed by atoms with van der Waals surface area (Å²) in [6.45, 7) is 5.27. The van der Waals surface area contributed by atoms with Gasteiger partial charge in [-0.25, -0.2) is 0 Å². The second-order valence-corrected chi connectivity index (χ2v) is 5.22. The highest BCUT2D eigenvalue weighted by atomic mass is 16.5. The van der Waals surface area contributed by atoms with E-state index in [1.54, 1.807) is 10.9 Å². The number of methoxy groups -OCH3 is 1. The Morgan fingerprint density at radius 3 is 2.63 bits per heavy atom. The maximum atomic E-state index is 12.4. The van der Waals surface area contributed by atoms with Crippen molar-refractivity contribution < 1.29 is 9.53 Å². The molecule has 0 spiro atoms. The second kappa shape index (κ2) is 6.68. The lowest BCUT2D eigenvalue weighted by Crippen LogP contribution is -2.37. The van der Waals surface area contributed by atoms with Gasteiger partial charge in [-0.15, -0.1) is 0 Å². The number of aromatic nitrogens is 2. The van der Waals surface area contributed by atoms with E-state index in [4.69, 9.17) is 10.5 Å². The van der Waals surface area contributed by atoms with E-state index in [0.717, 1.165) is 6.54 Å². The zero-order valence-electron chi connectivity index (χ0n) is 12.4. The van der Waals surface area contributed by atoms with E-state index < -0.39 is 6.04 Å². The molecule has 0 saturated carbocycles. The van der Waals surface area contributed by atoms with E-state index in [9.17, 15) is 4.79 Å². The van der Waals surface area contributed by atoms with E-state index >= 15 is 0 Å².